The largest absolute Gasteiger partial charge is 0.273 e. The minimum atomic E-state index is -0.0262. The number of nitrogens with one attached hydrogen (secondary N) is 1. The number of amides is 1. The molecule has 1 N–H and O–H groups in total. The van der Waals surface area contributed by atoms with E-state index >= 15 is 0 Å². The molecule has 0 bridgehead atoms. The van der Waals surface area contributed by atoms with Crippen LogP contribution in [0.4, 0.5) is 0 Å². The smallest absolute Gasteiger partial charge is 0.240 e. The summed E-state index contributed by atoms with van der Waals surface area (Å²) in [5, 5.41) is 4.05. The van der Waals surface area contributed by atoms with Crippen molar-refractivity contribution >= 4 is 11.6 Å². The number of hydrogen-bond acceptors (Lipinski definition) is 3. The zero-order valence-corrected chi connectivity index (χ0v) is 10.4. The van der Waals surface area contributed by atoms with Crippen LogP contribution < -0.4 is 5.43 Å². The van der Waals surface area contributed by atoms with E-state index in [1.807, 2.05) is 19.1 Å². The molecule has 1 aromatic rings. The normalized spacial score (nSPS) is 11.3. The molecular weight excluding hydrogens is 214 g/mol. The first kappa shape index (κ1) is 13.4. The van der Waals surface area contributed by atoms with Gasteiger partial charge in [0.2, 0.25) is 5.91 Å². The lowest BCUT2D eigenvalue weighted by atomic mass is 10.2. The highest BCUT2D eigenvalue weighted by Gasteiger charge is 2.00. The summed E-state index contributed by atoms with van der Waals surface area (Å²) in [4.78, 5) is 15.4. The van der Waals surface area contributed by atoms with Crippen molar-refractivity contribution in [3.63, 3.8) is 0 Å². The number of hydrogen-bond donors (Lipinski definition) is 1. The molecule has 0 radical (unpaired) electrons. The van der Waals surface area contributed by atoms with E-state index in [2.05, 4.69) is 22.4 Å². The summed E-state index contributed by atoms with van der Waals surface area (Å²) < 4.78 is 0. The van der Waals surface area contributed by atoms with Gasteiger partial charge in [-0.05, 0) is 19.4 Å². The maximum atomic E-state index is 11.4. The van der Waals surface area contributed by atoms with Gasteiger partial charge >= 0.3 is 0 Å². The van der Waals surface area contributed by atoms with E-state index in [9.17, 15) is 4.79 Å². The molecule has 1 heterocycles. The Kier molecular flexibility index (Phi) is 5.93. The highest BCUT2D eigenvalue weighted by atomic mass is 16.2. The van der Waals surface area contributed by atoms with Crippen LogP contribution in [0.5, 0.6) is 0 Å². The van der Waals surface area contributed by atoms with E-state index < -0.39 is 0 Å². The van der Waals surface area contributed by atoms with Crippen LogP contribution in [0.1, 0.15) is 45.1 Å². The molecule has 0 aliphatic rings. The maximum absolute atomic E-state index is 11.4. The number of rotatable bonds is 6. The quantitative estimate of drug-likeness (QED) is 0.466. The average Bonchev–Trinajstić information content (AvgIpc) is 2.37. The molecule has 4 nitrogen and oxygen atoms in total. The van der Waals surface area contributed by atoms with Crippen LogP contribution in [0.25, 0.3) is 0 Å². The summed E-state index contributed by atoms with van der Waals surface area (Å²) in [6.07, 6.45) is 7.09. The van der Waals surface area contributed by atoms with Crippen molar-refractivity contribution in [2.45, 2.75) is 39.5 Å². The maximum Gasteiger partial charge on any atom is 0.240 e. The summed E-state index contributed by atoms with van der Waals surface area (Å²) in [6, 6.07) is 3.76. The minimum absolute atomic E-state index is 0.0262. The van der Waals surface area contributed by atoms with Gasteiger partial charge in [-0.2, -0.15) is 5.10 Å². The van der Waals surface area contributed by atoms with Crippen LogP contribution in [0.2, 0.25) is 0 Å². The first-order chi connectivity index (χ1) is 8.24. The molecule has 0 fully saturated rings. The third kappa shape index (κ3) is 5.24. The highest BCUT2D eigenvalue weighted by molar-refractivity contribution is 5.98. The summed E-state index contributed by atoms with van der Waals surface area (Å²) in [6.45, 7) is 3.96. The molecule has 92 valence electrons. The van der Waals surface area contributed by atoms with Crippen molar-refractivity contribution in [2.24, 2.45) is 5.10 Å². The van der Waals surface area contributed by atoms with Crippen LogP contribution in [0.15, 0.2) is 29.6 Å². The minimum Gasteiger partial charge on any atom is -0.273 e. The van der Waals surface area contributed by atoms with E-state index in [4.69, 9.17) is 0 Å². The van der Waals surface area contributed by atoms with Gasteiger partial charge in [-0.25, -0.2) is 5.43 Å². The summed E-state index contributed by atoms with van der Waals surface area (Å²) in [7, 11) is 0. The molecule has 1 amide bonds. The SMILES string of the molecule is CCCCCC(=O)N/N=C(\C)c1cccnc1. The fourth-order valence-corrected chi connectivity index (χ4v) is 1.38. The second kappa shape index (κ2) is 7.54. The number of carbonyl (C=O) groups excluding carboxylic acids is 1. The molecule has 4 heteroatoms. The van der Waals surface area contributed by atoms with Crippen molar-refractivity contribution in [3.05, 3.63) is 30.1 Å². The first-order valence-corrected chi connectivity index (χ1v) is 5.97. The molecule has 0 aliphatic heterocycles. The Bertz CT molecular complexity index is 374. The number of nitrogens with zero attached hydrogens (tertiary/aromatic N) is 2. The Morgan fingerprint density at radius 3 is 2.94 bits per heavy atom. The number of hydrazone groups is 1. The van der Waals surface area contributed by atoms with Crippen LogP contribution >= 0.6 is 0 Å². The van der Waals surface area contributed by atoms with Crippen molar-refractivity contribution in [3.8, 4) is 0 Å². The summed E-state index contributed by atoms with van der Waals surface area (Å²) in [5.41, 5.74) is 4.24. The number of unbranched alkanes of at least 4 members (excludes halogenated alkanes) is 2. The monoisotopic (exact) mass is 233 g/mol. The van der Waals surface area contributed by atoms with Gasteiger partial charge in [0.1, 0.15) is 0 Å². The predicted molar refractivity (Wildman–Crippen MR) is 68.7 cm³/mol. The fraction of sp³-hybridized carbons (Fsp3) is 0.462. The van der Waals surface area contributed by atoms with Gasteiger partial charge < -0.3 is 0 Å². The van der Waals surface area contributed by atoms with Crippen LogP contribution in [-0.2, 0) is 4.79 Å². The molecule has 0 saturated carbocycles. The molecule has 0 aliphatic carbocycles. The molecule has 0 aromatic carbocycles. The molecule has 1 aromatic heterocycles. The predicted octanol–water partition coefficient (Wildman–Crippen LogP) is 2.50. The summed E-state index contributed by atoms with van der Waals surface area (Å²) in [5.74, 6) is -0.0262. The van der Waals surface area contributed by atoms with Gasteiger partial charge in [0, 0.05) is 24.4 Å². The van der Waals surface area contributed by atoms with Crippen molar-refractivity contribution < 1.29 is 4.79 Å². The Balaban J connectivity index is 2.40. The first-order valence-electron chi connectivity index (χ1n) is 5.97. The molecule has 0 atom stereocenters. The Labute approximate surface area is 102 Å². The Morgan fingerprint density at radius 2 is 2.29 bits per heavy atom. The number of carbonyl (C=O) groups is 1. The zero-order chi connectivity index (χ0) is 12.5. The van der Waals surface area contributed by atoms with Crippen molar-refractivity contribution in [1.82, 2.24) is 10.4 Å². The zero-order valence-electron chi connectivity index (χ0n) is 10.4. The second-order valence-electron chi connectivity index (χ2n) is 3.93. The highest BCUT2D eigenvalue weighted by Crippen LogP contribution is 2.00. The molecular formula is C13H19N3O. The van der Waals surface area contributed by atoms with Gasteiger partial charge in [0.25, 0.3) is 0 Å². The van der Waals surface area contributed by atoms with Crippen LogP contribution in [0, 0.1) is 0 Å². The number of pyridine rings is 1. The fourth-order valence-electron chi connectivity index (χ4n) is 1.38. The second-order valence-corrected chi connectivity index (χ2v) is 3.93. The molecule has 17 heavy (non-hydrogen) atoms. The van der Waals surface area contributed by atoms with E-state index in [0.29, 0.717) is 6.42 Å². The van der Waals surface area contributed by atoms with Gasteiger partial charge in [-0.15, -0.1) is 0 Å². The van der Waals surface area contributed by atoms with E-state index in [1.54, 1.807) is 12.4 Å². The average molecular weight is 233 g/mol. The van der Waals surface area contributed by atoms with Crippen molar-refractivity contribution in [2.75, 3.05) is 0 Å². The van der Waals surface area contributed by atoms with E-state index in [1.165, 1.54) is 0 Å². The standard InChI is InChI=1S/C13H19N3O/c1-3-4-5-8-13(17)16-15-11(2)12-7-6-9-14-10-12/h6-7,9-10H,3-5,8H2,1-2H3,(H,16,17)/b15-11+. The van der Waals surface area contributed by atoms with Gasteiger partial charge in [0.15, 0.2) is 0 Å². The molecule has 1 rings (SSSR count). The lowest BCUT2D eigenvalue weighted by Crippen LogP contribution is -2.18. The molecule has 0 saturated heterocycles. The molecule has 0 spiro atoms. The summed E-state index contributed by atoms with van der Waals surface area (Å²) >= 11 is 0. The van der Waals surface area contributed by atoms with E-state index in [-0.39, 0.29) is 5.91 Å². The Hall–Kier alpha value is -1.71. The lowest BCUT2D eigenvalue weighted by molar-refractivity contribution is -0.121. The van der Waals surface area contributed by atoms with Crippen molar-refractivity contribution in [1.29, 1.82) is 0 Å². The van der Waals surface area contributed by atoms with Gasteiger partial charge in [-0.3, -0.25) is 9.78 Å². The molecule has 0 unspecified atom stereocenters. The van der Waals surface area contributed by atoms with Crippen LogP contribution in [0.3, 0.4) is 0 Å². The van der Waals surface area contributed by atoms with Gasteiger partial charge in [0.05, 0.1) is 5.71 Å². The topological polar surface area (TPSA) is 54.4 Å². The van der Waals surface area contributed by atoms with Crippen LogP contribution in [-0.4, -0.2) is 16.6 Å². The van der Waals surface area contributed by atoms with Gasteiger partial charge in [-0.1, -0.05) is 25.8 Å². The van der Waals surface area contributed by atoms with E-state index in [0.717, 1.165) is 30.5 Å². The Morgan fingerprint density at radius 1 is 1.47 bits per heavy atom. The number of aromatic nitrogens is 1. The lowest BCUT2D eigenvalue weighted by Gasteiger charge is -2.02. The third-order valence-corrected chi connectivity index (χ3v) is 2.44. The third-order valence-electron chi connectivity index (χ3n) is 2.44.